The van der Waals surface area contributed by atoms with Gasteiger partial charge in [-0.25, -0.2) is 9.17 Å². The van der Waals surface area contributed by atoms with Crippen LogP contribution in [0.2, 0.25) is 0 Å². The van der Waals surface area contributed by atoms with E-state index in [1.165, 1.54) is 6.20 Å². The van der Waals surface area contributed by atoms with Crippen LogP contribution in [0.1, 0.15) is 4.88 Å². The maximum atomic E-state index is 10.6. The number of Topliss-reactive ketones (excluding diaryl/α,β-unsaturated/α-hetero) is 1. The Balaban J connectivity index is 2.57. The molecule has 5 heteroatoms. The summed E-state index contributed by atoms with van der Waals surface area (Å²) in [7, 11) is 0. The van der Waals surface area contributed by atoms with E-state index in [4.69, 9.17) is 5.11 Å². The summed E-state index contributed by atoms with van der Waals surface area (Å²) >= 11 is 1.13. The highest BCUT2D eigenvalue weighted by Gasteiger charge is 2.12. The number of rotatable bonds is 3. The third-order valence-corrected chi connectivity index (χ3v) is 1.81. The van der Waals surface area contributed by atoms with E-state index in [0.29, 0.717) is 4.88 Å². The van der Waals surface area contributed by atoms with Crippen LogP contribution < -0.4 is 0 Å². The largest absolute Gasteiger partial charge is 0.475 e. The van der Waals surface area contributed by atoms with E-state index in [-0.39, 0.29) is 6.42 Å². The molecular weight excluding hydrogens is 166 g/mol. The SMILES string of the molecule is O=C(O)C(=O)Cc1ccns1. The Morgan fingerprint density at radius 1 is 1.64 bits per heavy atom. The molecule has 0 bridgehead atoms. The van der Waals surface area contributed by atoms with Crippen LogP contribution in [0.15, 0.2) is 12.3 Å². The second-order valence-electron chi connectivity index (χ2n) is 1.88. The van der Waals surface area contributed by atoms with Gasteiger partial charge in [-0.05, 0) is 17.6 Å². The van der Waals surface area contributed by atoms with Crippen molar-refractivity contribution in [3.63, 3.8) is 0 Å². The Labute approximate surface area is 66.6 Å². The molecule has 58 valence electrons. The van der Waals surface area contributed by atoms with Crippen LogP contribution >= 0.6 is 11.5 Å². The molecule has 0 unspecified atom stereocenters. The molecule has 0 fully saturated rings. The van der Waals surface area contributed by atoms with E-state index in [0.717, 1.165) is 11.5 Å². The number of carbonyl (C=O) groups is 2. The van der Waals surface area contributed by atoms with Gasteiger partial charge in [-0.15, -0.1) is 0 Å². The fourth-order valence-corrected chi connectivity index (χ4v) is 1.14. The Hall–Kier alpha value is -1.23. The highest BCUT2D eigenvalue weighted by atomic mass is 32.1. The van der Waals surface area contributed by atoms with Crippen LogP contribution in [0.25, 0.3) is 0 Å². The van der Waals surface area contributed by atoms with Gasteiger partial charge in [-0.3, -0.25) is 4.79 Å². The maximum Gasteiger partial charge on any atom is 0.372 e. The predicted molar refractivity (Wildman–Crippen MR) is 38.5 cm³/mol. The summed E-state index contributed by atoms with van der Waals surface area (Å²) in [6, 6.07) is 1.63. The second-order valence-corrected chi connectivity index (χ2v) is 2.80. The van der Waals surface area contributed by atoms with Gasteiger partial charge in [-0.2, -0.15) is 0 Å². The van der Waals surface area contributed by atoms with E-state index in [9.17, 15) is 9.59 Å². The quantitative estimate of drug-likeness (QED) is 0.666. The van der Waals surface area contributed by atoms with Crippen LogP contribution in [0.5, 0.6) is 0 Å². The summed E-state index contributed by atoms with van der Waals surface area (Å²) < 4.78 is 3.73. The lowest BCUT2D eigenvalue weighted by Crippen LogP contribution is -2.14. The lowest BCUT2D eigenvalue weighted by molar-refractivity contribution is -0.148. The van der Waals surface area contributed by atoms with Crippen LogP contribution in [0.4, 0.5) is 0 Å². The summed E-state index contributed by atoms with van der Waals surface area (Å²) in [5.74, 6) is -2.19. The third kappa shape index (κ3) is 2.12. The number of ketones is 1. The highest BCUT2D eigenvalue weighted by Crippen LogP contribution is 2.05. The van der Waals surface area contributed by atoms with Gasteiger partial charge in [0.1, 0.15) is 0 Å². The first-order valence-electron chi connectivity index (χ1n) is 2.86. The average Bonchev–Trinajstić information content (AvgIpc) is 2.39. The van der Waals surface area contributed by atoms with Crippen molar-refractivity contribution in [1.29, 1.82) is 0 Å². The molecule has 1 heterocycles. The molecule has 0 amide bonds. The highest BCUT2D eigenvalue weighted by molar-refractivity contribution is 7.05. The number of aliphatic carboxylic acids is 1. The molecule has 0 atom stereocenters. The molecule has 0 radical (unpaired) electrons. The number of aromatic nitrogens is 1. The average molecular weight is 171 g/mol. The van der Waals surface area contributed by atoms with Gasteiger partial charge < -0.3 is 5.11 Å². The number of hydrogen-bond acceptors (Lipinski definition) is 4. The normalized spacial score (nSPS) is 9.45. The van der Waals surface area contributed by atoms with Crippen molar-refractivity contribution in [3.05, 3.63) is 17.1 Å². The fraction of sp³-hybridized carbons (Fsp3) is 0.167. The first-order valence-corrected chi connectivity index (χ1v) is 3.63. The standard InChI is InChI=1S/C6H5NO3S/c8-5(6(9)10)3-4-1-2-7-11-4/h1-2H,3H2,(H,9,10). The van der Waals surface area contributed by atoms with Gasteiger partial charge >= 0.3 is 5.97 Å². The number of nitrogens with zero attached hydrogens (tertiary/aromatic N) is 1. The molecule has 0 saturated heterocycles. The van der Waals surface area contributed by atoms with Crippen LogP contribution in [-0.2, 0) is 16.0 Å². The second kappa shape index (κ2) is 3.25. The summed E-state index contributed by atoms with van der Waals surface area (Å²) in [6.45, 7) is 0. The molecule has 1 aromatic rings. The Morgan fingerprint density at radius 3 is 2.82 bits per heavy atom. The molecule has 0 aromatic carbocycles. The molecule has 0 aliphatic rings. The summed E-state index contributed by atoms with van der Waals surface area (Å²) in [4.78, 5) is 21.3. The van der Waals surface area contributed by atoms with Crippen molar-refractivity contribution < 1.29 is 14.7 Å². The maximum absolute atomic E-state index is 10.6. The number of carboxylic acid groups (broad SMARTS) is 1. The van der Waals surface area contributed by atoms with E-state index in [1.807, 2.05) is 0 Å². The molecule has 4 nitrogen and oxygen atoms in total. The van der Waals surface area contributed by atoms with Crippen molar-refractivity contribution in [2.75, 3.05) is 0 Å². The van der Waals surface area contributed by atoms with E-state index < -0.39 is 11.8 Å². The molecule has 11 heavy (non-hydrogen) atoms. The summed E-state index contributed by atoms with van der Waals surface area (Å²) in [5, 5.41) is 8.22. The molecule has 1 N–H and O–H groups in total. The third-order valence-electron chi connectivity index (χ3n) is 1.06. The monoisotopic (exact) mass is 171 g/mol. The van der Waals surface area contributed by atoms with Crippen LogP contribution in [-0.4, -0.2) is 21.2 Å². The molecule has 0 saturated carbocycles. The first-order chi connectivity index (χ1) is 5.20. The van der Waals surface area contributed by atoms with E-state index in [1.54, 1.807) is 6.07 Å². The Morgan fingerprint density at radius 2 is 2.36 bits per heavy atom. The minimum Gasteiger partial charge on any atom is -0.475 e. The van der Waals surface area contributed by atoms with Crippen LogP contribution in [0.3, 0.4) is 0 Å². The Kier molecular flexibility index (Phi) is 2.32. The van der Waals surface area contributed by atoms with Crippen molar-refractivity contribution >= 4 is 23.3 Å². The zero-order valence-corrected chi connectivity index (χ0v) is 6.30. The smallest absolute Gasteiger partial charge is 0.372 e. The first kappa shape index (κ1) is 7.87. The Bertz CT molecular complexity index is 267. The fourth-order valence-electron chi connectivity index (χ4n) is 0.567. The molecule has 1 rings (SSSR count). The van der Waals surface area contributed by atoms with Crippen LogP contribution in [0, 0.1) is 0 Å². The molecular formula is C6H5NO3S. The van der Waals surface area contributed by atoms with Crippen molar-refractivity contribution in [2.45, 2.75) is 6.42 Å². The summed E-state index contributed by atoms with van der Waals surface area (Å²) in [6.07, 6.45) is 1.48. The molecule has 1 aromatic heterocycles. The number of hydrogen-bond donors (Lipinski definition) is 1. The van der Waals surface area contributed by atoms with Gasteiger partial charge in [0.15, 0.2) is 0 Å². The van der Waals surface area contributed by atoms with Gasteiger partial charge in [0.2, 0.25) is 5.78 Å². The van der Waals surface area contributed by atoms with Gasteiger partial charge in [0.05, 0.1) is 6.42 Å². The van der Waals surface area contributed by atoms with Crippen molar-refractivity contribution in [2.24, 2.45) is 0 Å². The number of carbonyl (C=O) groups excluding carboxylic acids is 1. The van der Waals surface area contributed by atoms with Gasteiger partial charge in [0, 0.05) is 11.1 Å². The minimum atomic E-state index is -1.39. The van der Waals surface area contributed by atoms with E-state index >= 15 is 0 Å². The lowest BCUT2D eigenvalue weighted by atomic mass is 10.2. The van der Waals surface area contributed by atoms with Gasteiger partial charge in [-0.1, -0.05) is 0 Å². The lowest BCUT2D eigenvalue weighted by Gasteiger charge is -1.88. The van der Waals surface area contributed by atoms with Crippen molar-refractivity contribution in [1.82, 2.24) is 4.37 Å². The van der Waals surface area contributed by atoms with Crippen molar-refractivity contribution in [3.8, 4) is 0 Å². The zero-order valence-electron chi connectivity index (χ0n) is 5.48. The number of carboxylic acids is 1. The topological polar surface area (TPSA) is 67.3 Å². The summed E-state index contributed by atoms with van der Waals surface area (Å²) in [5.41, 5.74) is 0. The van der Waals surface area contributed by atoms with Gasteiger partial charge in [0.25, 0.3) is 0 Å². The predicted octanol–water partition coefficient (Wildman–Crippen LogP) is 0.339. The minimum absolute atomic E-state index is 0.0556. The zero-order chi connectivity index (χ0) is 8.27. The molecule has 0 aliphatic heterocycles. The molecule has 0 aliphatic carbocycles. The van der Waals surface area contributed by atoms with E-state index in [2.05, 4.69) is 4.37 Å². The molecule has 0 spiro atoms.